The Kier molecular flexibility index (Phi) is 4.14. The van der Waals surface area contributed by atoms with Crippen molar-refractivity contribution < 1.29 is 0 Å². The molecule has 100 valence electrons. The number of piperidine rings is 1. The standard InChI is InChI=1S/C15H30N2/c1-10-5-6-14(9-11(10)2)17-8-7-15(16)12(3)13(17)4/h10-15H,5-9,16H2,1-4H3. The molecule has 6 atom stereocenters. The molecule has 1 aliphatic carbocycles. The first-order valence-electron chi connectivity index (χ1n) is 7.52. The van der Waals surface area contributed by atoms with Gasteiger partial charge >= 0.3 is 0 Å². The number of nitrogens with two attached hydrogens (primary N) is 1. The number of likely N-dealkylation sites (tertiary alicyclic amines) is 1. The van der Waals surface area contributed by atoms with Crippen LogP contribution in [0, 0.1) is 17.8 Å². The van der Waals surface area contributed by atoms with E-state index in [1.54, 1.807) is 0 Å². The summed E-state index contributed by atoms with van der Waals surface area (Å²) >= 11 is 0. The van der Waals surface area contributed by atoms with Gasteiger partial charge in [0, 0.05) is 24.7 Å². The Morgan fingerprint density at radius 1 is 0.941 bits per heavy atom. The molecule has 2 fully saturated rings. The summed E-state index contributed by atoms with van der Waals surface area (Å²) in [4.78, 5) is 2.76. The first-order chi connectivity index (χ1) is 8.00. The van der Waals surface area contributed by atoms with Crippen LogP contribution in [0.5, 0.6) is 0 Å². The monoisotopic (exact) mass is 238 g/mol. The van der Waals surface area contributed by atoms with Gasteiger partial charge in [-0.1, -0.05) is 20.8 Å². The molecule has 2 N–H and O–H groups in total. The minimum atomic E-state index is 0.418. The van der Waals surface area contributed by atoms with Crippen LogP contribution < -0.4 is 5.73 Å². The molecule has 0 amide bonds. The minimum absolute atomic E-state index is 0.418. The highest BCUT2D eigenvalue weighted by Gasteiger charge is 2.36. The largest absolute Gasteiger partial charge is 0.327 e. The van der Waals surface area contributed by atoms with E-state index in [2.05, 4.69) is 32.6 Å². The fourth-order valence-electron chi connectivity index (χ4n) is 3.76. The molecule has 17 heavy (non-hydrogen) atoms. The number of hydrogen-bond donors (Lipinski definition) is 1. The summed E-state index contributed by atoms with van der Waals surface area (Å²) in [5.74, 6) is 2.47. The first-order valence-corrected chi connectivity index (χ1v) is 7.52. The summed E-state index contributed by atoms with van der Waals surface area (Å²) in [6.07, 6.45) is 5.40. The van der Waals surface area contributed by atoms with Crippen LogP contribution in [-0.4, -0.2) is 29.6 Å². The lowest BCUT2D eigenvalue weighted by Gasteiger charge is -2.48. The smallest absolute Gasteiger partial charge is 0.0110 e. The van der Waals surface area contributed by atoms with E-state index in [0.717, 1.165) is 17.9 Å². The number of nitrogens with zero attached hydrogens (tertiary/aromatic N) is 1. The van der Waals surface area contributed by atoms with Crippen LogP contribution >= 0.6 is 0 Å². The molecule has 2 nitrogen and oxygen atoms in total. The van der Waals surface area contributed by atoms with Gasteiger partial charge in [0.15, 0.2) is 0 Å². The van der Waals surface area contributed by atoms with E-state index >= 15 is 0 Å². The van der Waals surface area contributed by atoms with Gasteiger partial charge in [-0.05, 0) is 50.4 Å². The molecule has 2 rings (SSSR count). The zero-order valence-electron chi connectivity index (χ0n) is 12.0. The van der Waals surface area contributed by atoms with E-state index in [0.29, 0.717) is 18.0 Å². The maximum absolute atomic E-state index is 6.18. The molecule has 0 bridgehead atoms. The highest BCUT2D eigenvalue weighted by molar-refractivity contribution is 4.92. The highest BCUT2D eigenvalue weighted by Crippen LogP contribution is 2.35. The van der Waals surface area contributed by atoms with Crippen LogP contribution in [0.4, 0.5) is 0 Å². The van der Waals surface area contributed by atoms with E-state index in [9.17, 15) is 0 Å². The van der Waals surface area contributed by atoms with E-state index < -0.39 is 0 Å². The first kappa shape index (κ1) is 13.4. The molecule has 2 heteroatoms. The summed E-state index contributed by atoms with van der Waals surface area (Å²) in [6, 6.07) is 1.91. The normalized spacial score (nSPS) is 49.2. The fraction of sp³-hybridized carbons (Fsp3) is 1.00. The van der Waals surface area contributed by atoms with Crippen molar-refractivity contribution in [1.82, 2.24) is 4.90 Å². The van der Waals surface area contributed by atoms with Gasteiger partial charge in [-0.3, -0.25) is 4.90 Å². The summed E-state index contributed by atoms with van der Waals surface area (Å²) in [5, 5.41) is 0. The summed E-state index contributed by atoms with van der Waals surface area (Å²) in [7, 11) is 0. The Bertz CT molecular complexity index is 253. The maximum atomic E-state index is 6.18. The Morgan fingerprint density at radius 2 is 1.65 bits per heavy atom. The van der Waals surface area contributed by atoms with Crippen LogP contribution in [-0.2, 0) is 0 Å². The van der Waals surface area contributed by atoms with E-state index in [4.69, 9.17) is 5.73 Å². The molecule has 1 heterocycles. The van der Waals surface area contributed by atoms with Crippen LogP contribution in [0.3, 0.4) is 0 Å². The summed E-state index contributed by atoms with van der Waals surface area (Å²) < 4.78 is 0. The van der Waals surface area contributed by atoms with Crippen molar-refractivity contribution in [3.8, 4) is 0 Å². The van der Waals surface area contributed by atoms with Crippen molar-refractivity contribution in [1.29, 1.82) is 0 Å². The Hall–Kier alpha value is -0.0800. The molecule has 0 radical (unpaired) electrons. The third-order valence-electron chi connectivity index (χ3n) is 5.72. The van der Waals surface area contributed by atoms with Gasteiger partial charge in [0.25, 0.3) is 0 Å². The average Bonchev–Trinajstić information content (AvgIpc) is 2.30. The Balaban J connectivity index is 1.98. The molecule has 0 spiro atoms. The third kappa shape index (κ3) is 2.68. The number of rotatable bonds is 1. The highest BCUT2D eigenvalue weighted by atomic mass is 15.2. The molecular weight excluding hydrogens is 208 g/mol. The average molecular weight is 238 g/mol. The second-order valence-electron chi connectivity index (χ2n) is 6.71. The Labute approximate surface area is 107 Å². The zero-order chi connectivity index (χ0) is 12.6. The van der Waals surface area contributed by atoms with Crippen molar-refractivity contribution in [3.63, 3.8) is 0 Å². The second-order valence-corrected chi connectivity index (χ2v) is 6.71. The minimum Gasteiger partial charge on any atom is -0.327 e. The van der Waals surface area contributed by atoms with Gasteiger partial charge in [-0.25, -0.2) is 0 Å². The van der Waals surface area contributed by atoms with Crippen molar-refractivity contribution in [2.24, 2.45) is 23.5 Å². The third-order valence-corrected chi connectivity index (χ3v) is 5.72. The van der Waals surface area contributed by atoms with Gasteiger partial charge in [-0.2, -0.15) is 0 Å². The number of hydrogen-bond acceptors (Lipinski definition) is 2. The summed E-state index contributed by atoms with van der Waals surface area (Å²) in [6.45, 7) is 10.8. The van der Waals surface area contributed by atoms with Gasteiger partial charge in [-0.15, -0.1) is 0 Å². The lowest BCUT2D eigenvalue weighted by Crippen LogP contribution is -2.56. The fourth-order valence-corrected chi connectivity index (χ4v) is 3.76. The van der Waals surface area contributed by atoms with Gasteiger partial charge in [0.1, 0.15) is 0 Å². The molecule has 0 aromatic heterocycles. The SMILES string of the molecule is CC1CCC(N2CCC(N)C(C)C2C)CC1C. The Morgan fingerprint density at radius 3 is 2.29 bits per heavy atom. The van der Waals surface area contributed by atoms with Crippen LogP contribution in [0.1, 0.15) is 53.4 Å². The predicted molar refractivity (Wildman–Crippen MR) is 73.9 cm³/mol. The van der Waals surface area contributed by atoms with Crippen molar-refractivity contribution in [3.05, 3.63) is 0 Å². The molecule has 1 saturated carbocycles. The van der Waals surface area contributed by atoms with Crippen LogP contribution in [0.15, 0.2) is 0 Å². The van der Waals surface area contributed by atoms with Crippen LogP contribution in [0.25, 0.3) is 0 Å². The van der Waals surface area contributed by atoms with Crippen molar-refractivity contribution in [2.75, 3.05) is 6.54 Å². The van der Waals surface area contributed by atoms with Gasteiger partial charge in [0.2, 0.25) is 0 Å². The van der Waals surface area contributed by atoms with E-state index in [1.165, 1.54) is 32.2 Å². The van der Waals surface area contributed by atoms with E-state index in [-0.39, 0.29) is 0 Å². The molecule has 0 aromatic carbocycles. The maximum Gasteiger partial charge on any atom is 0.0110 e. The second kappa shape index (κ2) is 5.27. The van der Waals surface area contributed by atoms with Crippen molar-refractivity contribution in [2.45, 2.75) is 71.5 Å². The zero-order valence-corrected chi connectivity index (χ0v) is 12.0. The lowest BCUT2D eigenvalue weighted by atomic mass is 9.76. The predicted octanol–water partition coefficient (Wildman–Crippen LogP) is 2.87. The van der Waals surface area contributed by atoms with Crippen molar-refractivity contribution >= 4 is 0 Å². The van der Waals surface area contributed by atoms with E-state index in [1.807, 2.05) is 0 Å². The molecule has 2 aliphatic rings. The molecular formula is C15H30N2. The molecule has 0 aromatic rings. The quantitative estimate of drug-likeness (QED) is 0.761. The lowest BCUT2D eigenvalue weighted by molar-refractivity contribution is 0.0220. The molecule has 1 aliphatic heterocycles. The van der Waals surface area contributed by atoms with Gasteiger partial charge < -0.3 is 5.73 Å². The summed E-state index contributed by atoms with van der Waals surface area (Å²) in [5.41, 5.74) is 6.18. The molecule has 6 unspecified atom stereocenters. The van der Waals surface area contributed by atoms with Gasteiger partial charge in [0.05, 0.1) is 0 Å². The topological polar surface area (TPSA) is 29.3 Å². The molecule has 1 saturated heterocycles. The van der Waals surface area contributed by atoms with Crippen LogP contribution in [0.2, 0.25) is 0 Å².